The van der Waals surface area contributed by atoms with Crippen LogP contribution >= 0.6 is 12.2 Å². The maximum Gasteiger partial charge on any atom is 0.269 e. The van der Waals surface area contributed by atoms with E-state index in [-0.39, 0.29) is 10.8 Å². The molecule has 2 aromatic rings. The molecule has 6 nitrogen and oxygen atoms in total. The molecule has 0 aliphatic carbocycles. The summed E-state index contributed by atoms with van der Waals surface area (Å²) in [5, 5.41) is 14.9. The zero-order valence-corrected chi connectivity index (χ0v) is 11.7. The van der Waals surface area contributed by atoms with Gasteiger partial charge >= 0.3 is 0 Å². The molecule has 0 heterocycles. The summed E-state index contributed by atoms with van der Waals surface area (Å²) >= 11 is 4.74. The van der Waals surface area contributed by atoms with Crippen LogP contribution in [-0.2, 0) is 0 Å². The number of hydrogen-bond acceptors (Lipinski definition) is 4. The molecule has 7 heteroatoms. The Balaban J connectivity index is 2.42. The molecule has 106 valence electrons. The monoisotopic (exact) mass is 300 g/mol. The van der Waals surface area contributed by atoms with Crippen molar-refractivity contribution >= 4 is 28.7 Å². The molecule has 0 fully saturated rings. The molecule has 0 atom stereocenters. The number of nitrogens with zero attached hydrogens (tertiary/aromatic N) is 2. The molecule has 0 saturated carbocycles. The van der Waals surface area contributed by atoms with E-state index in [1.807, 2.05) is 30.3 Å². The highest BCUT2D eigenvalue weighted by Crippen LogP contribution is 2.15. The average molecular weight is 300 g/mol. The molecule has 0 saturated heterocycles. The van der Waals surface area contributed by atoms with E-state index in [0.29, 0.717) is 5.71 Å². The Bertz CT molecular complexity index is 684. The van der Waals surface area contributed by atoms with E-state index in [0.717, 1.165) is 11.1 Å². The topological polar surface area (TPSA) is 93.5 Å². The second-order valence-corrected chi connectivity index (χ2v) is 4.55. The highest BCUT2D eigenvalue weighted by Gasteiger charge is 2.10. The minimum Gasteiger partial charge on any atom is -0.375 e. The smallest absolute Gasteiger partial charge is 0.269 e. The van der Waals surface area contributed by atoms with Crippen molar-refractivity contribution in [2.75, 3.05) is 0 Å². The van der Waals surface area contributed by atoms with Gasteiger partial charge < -0.3 is 5.73 Å². The number of hydrogen-bond donors (Lipinski definition) is 2. The van der Waals surface area contributed by atoms with Crippen LogP contribution in [0, 0.1) is 10.1 Å². The van der Waals surface area contributed by atoms with Crippen LogP contribution < -0.4 is 11.2 Å². The van der Waals surface area contributed by atoms with Crippen molar-refractivity contribution in [3.63, 3.8) is 0 Å². The van der Waals surface area contributed by atoms with Gasteiger partial charge in [-0.25, -0.2) is 0 Å². The van der Waals surface area contributed by atoms with Gasteiger partial charge in [-0.15, -0.1) is 0 Å². The summed E-state index contributed by atoms with van der Waals surface area (Å²) in [5.74, 6) is 0. The zero-order chi connectivity index (χ0) is 15.2. The lowest BCUT2D eigenvalue weighted by molar-refractivity contribution is -0.384. The molecule has 0 aliphatic rings. The molecule has 0 aliphatic heterocycles. The van der Waals surface area contributed by atoms with Crippen LogP contribution in [0.1, 0.15) is 11.1 Å². The van der Waals surface area contributed by atoms with Crippen LogP contribution in [0.5, 0.6) is 0 Å². The number of nitrogens with one attached hydrogen (secondary N) is 1. The fourth-order valence-electron chi connectivity index (χ4n) is 1.74. The predicted molar refractivity (Wildman–Crippen MR) is 85.1 cm³/mol. The van der Waals surface area contributed by atoms with E-state index in [4.69, 9.17) is 18.0 Å². The van der Waals surface area contributed by atoms with Gasteiger partial charge in [0, 0.05) is 23.3 Å². The Hall–Kier alpha value is -2.80. The Morgan fingerprint density at radius 2 is 1.67 bits per heavy atom. The van der Waals surface area contributed by atoms with E-state index >= 15 is 0 Å². The zero-order valence-electron chi connectivity index (χ0n) is 10.9. The Labute approximate surface area is 126 Å². The van der Waals surface area contributed by atoms with Crippen molar-refractivity contribution in [1.29, 1.82) is 0 Å². The maximum absolute atomic E-state index is 10.7. The third-order valence-corrected chi connectivity index (χ3v) is 2.77. The molecule has 0 aromatic heterocycles. The molecule has 3 N–H and O–H groups in total. The average Bonchev–Trinajstić information content (AvgIpc) is 2.49. The lowest BCUT2D eigenvalue weighted by atomic mass is 10.0. The number of nitrogens with two attached hydrogens (primary N) is 1. The van der Waals surface area contributed by atoms with E-state index in [1.165, 1.54) is 12.1 Å². The molecule has 0 amide bonds. The Morgan fingerprint density at radius 3 is 2.19 bits per heavy atom. The number of nitro groups is 1. The van der Waals surface area contributed by atoms with Gasteiger partial charge in [-0.3, -0.25) is 15.5 Å². The summed E-state index contributed by atoms with van der Waals surface area (Å²) in [6.07, 6.45) is 0. The molecule has 0 bridgehead atoms. The molecular weight excluding hydrogens is 288 g/mol. The number of rotatable bonds is 4. The molecule has 2 rings (SSSR count). The number of benzene rings is 2. The van der Waals surface area contributed by atoms with Crippen LogP contribution in [0.25, 0.3) is 0 Å². The van der Waals surface area contributed by atoms with Gasteiger partial charge in [-0.1, -0.05) is 30.3 Å². The summed E-state index contributed by atoms with van der Waals surface area (Å²) < 4.78 is 0. The predicted octanol–water partition coefficient (Wildman–Crippen LogP) is 2.18. The number of thiocarbonyl (C=S) groups is 1. The quantitative estimate of drug-likeness (QED) is 0.391. The van der Waals surface area contributed by atoms with E-state index in [9.17, 15) is 10.1 Å². The Morgan fingerprint density at radius 1 is 1.10 bits per heavy atom. The van der Waals surface area contributed by atoms with Gasteiger partial charge in [0.25, 0.3) is 5.69 Å². The van der Waals surface area contributed by atoms with Crippen LogP contribution in [0.15, 0.2) is 59.7 Å². The van der Waals surface area contributed by atoms with Crippen LogP contribution in [0.2, 0.25) is 0 Å². The van der Waals surface area contributed by atoms with Gasteiger partial charge in [0.05, 0.1) is 10.6 Å². The summed E-state index contributed by atoms with van der Waals surface area (Å²) in [6, 6.07) is 15.5. The van der Waals surface area contributed by atoms with Crippen molar-refractivity contribution < 1.29 is 4.92 Å². The first-order valence-corrected chi connectivity index (χ1v) is 6.42. The minimum atomic E-state index is -0.448. The molecule has 0 radical (unpaired) electrons. The normalized spacial score (nSPS) is 11.0. The van der Waals surface area contributed by atoms with Crippen molar-refractivity contribution in [3.8, 4) is 0 Å². The third kappa shape index (κ3) is 3.83. The molecule has 2 aromatic carbocycles. The first-order valence-electron chi connectivity index (χ1n) is 6.01. The van der Waals surface area contributed by atoms with Crippen molar-refractivity contribution in [3.05, 3.63) is 75.8 Å². The molecule has 0 unspecified atom stereocenters. The summed E-state index contributed by atoms with van der Waals surface area (Å²) in [7, 11) is 0. The van der Waals surface area contributed by atoms with Crippen LogP contribution in [0.3, 0.4) is 0 Å². The second kappa shape index (κ2) is 6.58. The number of non-ortho nitro benzene ring substituents is 1. The molecular formula is C14H12N4O2S. The fraction of sp³-hybridized carbons (Fsp3) is 0. The minimum absolute atomic E-state index is 0.0217. The Kier molecular flexibility index (Phi) is 4.57. The van der Waals surface area contributed by atoms with Gasteiger partial charge in [0.1, 0.15) is 0 Å². The van der Waals surface area contributed by atoms with Gasteiger partial charge in [0.2, 0.25) is 0 Å². The number of hydrazone groups is 1. The van der Waals surface area contributed by atoms with Crippen molar-refractivity contribution in [2.24, 2.45) is 10.8 Å². The second-order valence-electron chi connectivity index (χ2n) is 4.11. The van der Waals surface area contributed by atoms with Crippen molar-refractivity contribution in [2.45, 2.75) is 0 Å². The van der Waals surface area contributed by atoms with Gasteiger partial charge in [-0.2, -0.15) is 5.10 Å². The molecule has 0 spiro atoms. The SMILES string of the molecule is NC(=S)NN=C(c1ccccc1)c1ccc([N+](=O)[O-])cc1. The van der Waals surface area contributed by atoms with Gasteiger partial charge in [-0.05, 0) is 24.4 Å². The first kappa shape index (κ1) is 14.6. The summed E-state index contributed by atoms with van der Waals surface area (Å²) in [5.41, 5.74) is 10.1. The van der Waals surface area contributed by atoms with E-state index < -0.39 is 4.92 Å². The maximum atomic E-state index is 10.7. The lowest BCUT2D eigenvalue weighted by Gasteiger charge is -2.07. The number of nitro benzene ring substituents is 1. The highest BCUT2D eigenvalue weighted by atomic mass is 32.1. The van der Waals surface area contributed by atoms with Crippen LogP contribution in [-0.4, -0.2) is 15.7 Å². The molecule has 21 heavy (non-hydrogen) atoms. The van der Waals surface area contributed by atoms with Gasteiger partial charge in [0.15, 0.2) is 5.11 Å². The summed E-state index contributed by atoms with van der Waals surface area (Å²) in [6.45, 7) is 0. The first-order chi connectivity index (χ1) is 10.1. The third-order valence-electron chi connectivity index (χ3n) is 2.68. The van der Waals surface area contributed by atoms with E-state index in [1.54, 1.807) is 12.1 Å². The highest BCUT2D eigenvalue weighted by molar-refractivity contribution is 7.80. The van der Waals surface area contributed by atoms with E-state index in [2.05, 4.69) is 10.5 Å². The van der Waals surface area contributed by atoms with Crippen LogP contribution in [0.4, 0.5) is 5.69 Å². The fourth-order valence-corrected chi connectivity index (χ4v) is 1.79. The largest absolute Gasteiger partial charge is 0.375 e. The standard InChI is InChI=1S/C14H12N4O2S/c15-14(21)17-16-13(10-4-2-1-3-5-10)11-6-8-12(9-7-11)18(19)20/h1-9H,(H3,15,17,21). The van der Waals surface area contributed by atoms with Crippen molar-refractivity contribution in [1.82, 2.24) is 5.43 Å². The summed E-state index contributed by atoms with van der Waals surface area (Å²) in [4.78, 5) is 10.2. The lowest BCUT2D eigenvalue weighted by Crippen LogP contribution is -2.26.